The van der Waals surface area contributed by atoms with Crippen molar-refractivity contribution in [3.05, 3.63) is 54.6 Å². The third kappa shape index (κ3) is 4.51. The van der Waals surface area contributed by atoms with Gasteiger partial charge in [-0.15, -0.1) is 0 Å². The van der Waals surface area contributed by atoms with Gasteiger partial charge in [-0.2, -0.15) is 0 Å². The van der Waals surface area contributed by atoms with Crippen LogP contribution in [-0.4, -0.2) is 11.0 Å². The first kappa shape index (κ1) is 14.3. The van der Waals surface area contributed by atoms with Crippen molar-refractivity contribution in [1.29, 1.82) is 0 Å². The molecule has 5 heteroatoms. The van der Waals surface area contributed by atoms with E-state index in [2.05, 4.69) is 28.4 Å². The van der Waals surface area contributed by atoms with Gasteiger partial charge in [-0.3, -0.25) is 4.79 Å². The number of benzene rings is 1. The molecule has 0 heterocycles. The minimum absolute atomic E-state index is 0.100. The molecule has 0 unspecified atom stereocenters. The topological polar surface area (TPSA) is 53.2 Å². The average Bonchev–Trinajstić information content (AvgIpc) is 2.39. The van der Waals surface area contributed by atoms with Crippen molar-refractivity contribution in [2.24, 2.45) is 0 Å². The van der Waals surface area contributed by atoms with E-state index in [9.17, 15) is 4.79 Å². The molecule has 0 spiro atoms. The molecule has 2 rings (SSSR count). The van der Waals surface area contributed by atoms with Crippen LogP contribution in [0.3, 0.4) is 0 Å². The summed E-state index contributed by atoms with van der Waals surface area (Å²) in [6.07, 6.45) is 8.98. The van der Waals surface area contributed by atoms with Crippen molar-refractivity contribution in [2.75, 3.05) is 10.6 Å². The third-order valence-electron chi connectivity index (χ3n) is 2.58. The third-order valence-corrected chi connectivity index (χ3v) is 2.79. The molecule has 103 valence electrons. The summed E-state index contributed by atoms with van der Waals surface area (Å²) in [5.74, 6) is -0.100. The van der Waals surface area contributed by atoms with Crippen molar-refractivity contribution in [2.45, 2.75) is 13.3 Å². The summed E-state index contributed by atoms with van der Waals surface area (Å²) in [7, 11) is 0. The van der Waals surface area contributed by atoms with Crippen LogP contribution < -0.4 is 16.0 Å². The molecule has 0 fully saturated rings. The number of rotatable bonds is 3. The van der Waals surface area contributed by atoms with Crippen LogP contribution >= 0.6 is 12.2 Å². The monoisotopic (exact) mass is 286 g/mol. The molecule has 1 aliphatic rings. The number of hydrogen-bond acceptors (Lipinski definition) is 2. The second-order valence-corrected chi connectivity index (χ2v) is 4.74. The van der Waals surface area contributed by atoms with Gasteiger partial charge >= 0.3 is 0 Å². The zero-order chi connectivity index (χ0) is 14.4. The highest BCUT2D eigenvalue weighted by Gasteiger charge is 2.02. The van der Waals surface area contributed by atoms with Gasteiger partial charge in [-0.05, 0) is 49.3 Å². The van der Waals surface area contributed by atoms with E-state index in [1.165, 1.54) is 6.92 Å². The molecule has 1 amide bonds. The van der Waals surface area contributed by atoms with Crippen LogP contribution in [0.2, 0.25) is 0 Å². The van der Waals surface area contributed by atoms with E-state index in [1.54, 1.807) is 0 Å². The Morgan fingerprint density at radius 3 is 2.60 bits per heavy atom. The highest BCUT2D eigenvalue weighted by atomic mass is 32.1. The molecule has 0 saturated carbocycles. The smallest absolute Gasteiger partial charge is 0.221 e. The maximum absolute atomic E-state index is 11.0. The molecule has 20 heavy (non-hydrogen) atoms. The van der Waals surface area contributed by atoms with Gasteiger partial charge in [0.2, 0.25) is 5.91 Å². The molecule has 0 bridgehead atoms. The van der Waals surface area contributed by atoms with Crippen molar-refractivity contribution in [3.63, 3.8) is 0 Å². The average molecular weight is 286 g/mol. The second kappa shape index (κ2) is 6.86. The predicted octanol–water partition coefficient (Wildman–Crippen LogP) is 2.98. The number of anilines is 2. The summed E-state index contributed by atoms with van der Waals surface area (Å²) >= 11 is 5.25. The van der Waals surface area contributed by atoms with Crippen LogP contribution in [0, 0.1) is 6.42 Å². The number of amides is 1. The van der Waals surface area contributed by atoms with Crippen LogP contribution in [0.25, 0.3) is 0 Å². The fraction of sp³-hybridized carbons (Fsp3) is 0.133. The molecule has 1 radical (unpaired) electrons. The molecule has 0 saturated heterocycles. The molecule has 0 atom stereocenters. The normalized spacial score (nSPS) is 13.3. The Labute approximate surface area is 124 Å². The molecule has 0 aromatic heterocycles. The molecule has 3 N–H and O–H groups in total. The predicted molar refractivity (Wildman–Crippen MR) is 86.2 cm³/mol. The number of carbonyl (C=O) groups is 1. The Bertz CT molecular complexity index is 578. The summed E-state index contributed by atoms with van der Waals surface area (Å²) in [6, 6.07) is 7.39. The zero-order valence-electron chi connectivity index (χ0n) is 11.1. The highest BCUT2D eigenvalue weighted by Crippen LogP contribution is 2.15. The molecule has 1 aromatic carbocycles. The maximum Gasteiger partial charge on any atom is 0.221 e. The summed E-state index contributed by atoms with van der Waals surface area (Å²) in [4.78, 5) is 11.0. The lowest BCUT2D eigenvalue weighted by molar-refractivity contribution is -0.114. The van der Waals surface area contributed by atoms with E-state index in [4.69, 9.17) is 12.2 Å². The van der Waals surface area contributed by atoms with Crippen molar-refractivity contribution < 1.29 is 4.79 Å². The van der Waals surface area contributed by atoms with Crippen molar-refractivity contribution >= 4 is 34.6 Å². The zero-order valence-corrected chi connectivity index (χ0v) is 12.0. The van der Waals surface area contributed by atoms with E-state index in [0.717, 1.165) is 23.5 Å². The Hall–Kier alpha value is -2.14. The number of thiocarbonyl (C=S) groups is 1. The SMILES string of the molecule is CC(=O)Nc1cccc(NC(=S)NC2=CC[CH]C=C2)c1. The maximum atomic E-state index is 11.0. The second-order valence-electron chi connectivity index (χ2n) is 4.33. The first-order chi connectivity index (χ1) is 9.63. The molecule has 0 aliphatic heterocycles. The standard InChI is InChI=1S/C15H16N3OS/c1-11(19)16-13-8-5-9-14(10-13)18-15(20)17-12-6-3-2-4-7-12/h2-3,5-10H,4H2,1H3,(H,16,19)(H2,17,18,20). The number of nitrogens with one attached hydrogen (secondary N) is 3. The van der Waals surface area contributed by atoms with Gasteiger partial charge in [-0.1, -0.05) is 18.2 Å². The Kier molecular flexibility index (Phi) is 4.90. The van der Waals surface area contributed by atoms with Gasteiger partial charge in [0.15, 0.2) is 5.11 Å². The fourth-order valence-corrected chi connectivity index (χ4v) is 2.01. The van der Waals surface area contributed by atoms with Gasteiger partial charge in [0, 0.05) is 24.0 Å². The Morgan fingerprint density at radius 2 is 1.95 bits per heavy atom. The Morgan fingerprint density at radius 1 is 1.20 bits per heavy atom. The van der Waals surface area contributed by atoms with E-state index in [1.807, 2.05) is 36.4 Å². The molecule has 1 aliphatic carbocycles. The van der Waals surface area contributed by atoms with Crippen LogP contribution in [0.15, 0.2) is 48.2 Å². The van der Waals surface area contributed by atoms with Crippen LogP contribution in [-0.2, 0) is 4.79 Å². The first-order valence-electron chi connectivity index (χ1n) is 6.29. The summed E-state index contributed by atoms with van der Waals surface area (Å²) < 4.78 is 0. The minimum atomic E-state index is -0.100. The Balaban J connectivity index is 1.95. The molecule has 4 nitrogen and oxygen atoms in total. The fourth-order valence-electron chi connectivity index (χ4n) is 1.78. The number of carbonyl (C=O) groups excluding carboxylic acids is 1. The highest BCUT2D eigenvalue weighted by molar-refractivity contribution is 7.80. The largest absolute Gasteiger partial charge is 0.333 e. The lowest BCUT2D eigenvalue weighted by Gasteiger charge is -2.13. The lowest BCUT2D eigenvalue weighted by Crippen LogP contribution is -2.27. The summed E-state index contributed by atoms with van der Waals surface area (Å²) in [5, 5.41) is 9.45. The summed E-state index contributed by atoms with van der Waals surface area (Å²) in [5.41, 5.74) is 2.53. The van der Waals surface area contributed by atoms with E-state index in [0.29, 0.717) is 5.11 Å². The van der Waals surface area contributed by atoms with Gasteiger partial charge in [0.25, 0.3) is 0 Å². The van der Waals surface area contributed by atoms with Gasteiger partial charge in [-0.25, -0.2) is 0 Å². The van der Waals surface area contributed by atoms with Gasteiger partial charge in [0.05, 0.1) is 0 Å². The molecular weight excluding hydrogens is 270 g/mol. The molecular formula is C15H16N3OS. The molecule has 1 aromatic rings. The first-order valence-corrected chi connectivity index (χ1v) is 6.70. The van der Waals surface area contributed by atoms with Crippen LogP contribution in [0.4, 0.5) is 11.4 Å². The number of hydrogen-bond donors (Lipinski definition) is 3. The van der Waals surface area contributed by atoms with E-state index < -0.39 is 0 Å². The van der Waals surface area contributed by atoms with Crippen molar-refractivity contribution in [3.8, 4) is 0 Å². The number of allylic oxidation sites excluding steroid dienone is 3. The quantitative estimate of drug-likeness (QED) is 0.748. The lowest BCUT2D eigenvalue weighted by atomic mass is 10.1. The van der Waals surface area contributed by atoms with E-state index in [-0.39, 0.29) is 5.91 Å². The van der Waals surface area contributed by atoms with Gasteiger partial charge < -0.3 is 16.0 Å². The minimum Gasteiger partial charge on any atom is -0.333 e. The van der Waals surface area contributed by atoms with E-state index >= 15 is 0 Å². The summed E-state index contributed by atoms with van der Waals surface area (Å²) in [6.45, 7) is 1.48. The van der Waals surface area contributed by atoms with Gasteiger partial charge in [0.1, 0.15) is 0 Å². The van der Waals surface area contributed by atoms with Crippen LogP contribution in [0.1, 0.15) is 13.3 Å². The van der Waals surface area contributed by atoms with Crippen LogP contribution in [0.5, 0.6) is 0 Å². The van der Waals surface area contributed by atoms with Crippen molar-refractivity contribution in [1.82, 2.24) is 5.32 Å².